The van der Waals surface area contributed by atoms with Crippen molar-refractivity contribution in [2.75, 3.05) is 31.1 Å². The number of aromatic nitrogens is 1. The third kappa shape index (κ3) is 3.25. The Hall–Kier alpha value is -1.87. The number of thiazole rings is 1. The third-order valence-electron chi connectivity index (χ3n) is 4.44. The zero-order chi connectivity index (χ0) is 18.3. The number of H-pyrrole nitrogens is 1. The smallest absolute Gasteiger partial charge is 0.305 e. The summed E-state index contributed by atoms with van der Waals surface area (Å²) in [6.07, 6.45) is 0. The number of sulfonamides is 1. The fraction of sp³-hybridized carbons (Fsp3) is 0.235. The van der Waals surface area contributed by atoms with Gasteiger partial charge in [-0.1, -0.05) is 29.0 Å². The number of nitrogens with zero attached hydrogens (tertiary/aromatic N) is 2. The molecule has 1 aliphatic heterocycles. The highest BCUT2D eigenvalue weighted by Crippen LogP contribution is 2.25. The van der Waals surface area contributed by atoms with Crippen molar-refractivity contribution in [1.82, 2.24) is 9.29 Å². The molecule has 0 spiro atoms. The summed E-state index contributed by atoms with van der Waals surface area (Å²) in [5, 5.41) is 0.663. The Kier molecular flexibility index (Phi) is 4.52. The maximum atomic E-state index is 12.9. The van der Waals surface area contributed by atoms with Crippen LogP contribution in [-0.2, 0) is 10.0 Å². The second-order valence-electron chi connectivity index (χ2n) is 6.04. The van der Waals surface area contributed by atoms with Gasteiger partial charge in [0.15, 0.2) is 0 Å². The second-order valence-corrected chi connectivity index (χ2v) is 9.43. The average Bonchev–Trinajstić information content (AvgIpc) is 3.01. The molecule has 0 unspecified atom stereocenters. The topological polar surface area (TPSA) is 73.5 Å². The molecule has 26 heavy (non-hydrogen) atoms. The van der Waals surface area contributed by atoms with Gasteiger partial charge in [-0.15, -0.1) is 0 Å². The quantitative estimate of drug-likeness (QED) is 0.721. The van der Waals surface area contributed by atoms with E-state index in [9.17, 15) is 13.2 Å². The minimum Gasteiger partial charge on any atom is -0.369 e. The van der Waals surface area contributed by atoms with Crippen LogP contribution in [0.5, 0.6) is 0 Å². The Labute approximate surface area is 159 Å². The van der Waals surface area contributed by atoms with Crippen molar-refractivity contribution in [3.05, 3.63) is 57.2 Å². The lowest BCUT2D eigenvalue weighted by Crippen LogP contribution is -2.48. The molecule has 136 valence electrons. The van der Waals surface area contributed by atoms with Gasteiger partial charge < -0.3 is 9.88 Å². The van der Waals surface area contributed by atoms with Gasteiger partial charge in [0, 0.05) is 36.9 Å². The van der Waals surface area contributed by atoms with Crippen molar-refractivity contribution in [3.8, 4) is 0 Å². The molecular formula is C17H16ClN3O3S2. The van der Waals surface area contributed by atoms with Gasteiger partial charge in [-0.3, -0.25) is 4.79 Å². The van der Waals surface area contributed by atoms with Gasteiger partial charge in [0.2, 0.25) is 10.0 Å². The summed E-state index contributed by atoms with van der Waals surface area (Å²) in [6.45, 7) is 1.99. The number of hydrogen-bond acceptors (Lipinski definition) is 5. The van der Waals surface area contributed by atoms with Gasteiger partial charge in [0.05, 0.1) is 15.1 Å². The number of halogens is 1. The lowest BCUT2D eigenvalue weighted by molar-refractivity contribution is 0.385. The molecule has 0 amide bonds. The van der Waals surface area contributed by atoms with E-state index in [0.717, 1.165) is 17.0 Å². The molecule has 1 aromatic heterocycles. The lowest BCUT2D eigenvalue weighted by Gasteiger charge is -2.35. The van der Waals surface area contributed by atoms with Crippen LogP contribution >= 0.6 is 22.9 Å². The van der Waals surface area contributed by atoms with Crippen molar-refractivity contribution in [3.63, 3.8) is 0 Å². The maximum Gasteiger partial charge on any atom is 0.305 e. The fourth-order valence-electron chi connectivity index (χ4n) is 3.09. The van der Waals surface area contributed by atoms with Gasteiger partial charge in [0.1, 0.15) is 0 Å². The highest BCUT2D eigenvalue weighted by atomic mass is 35.5. The van der Waals surface area contributed by atoms with Gasteiger partial charge >= 0.3 is 4.87 Å². The van der Waals surface area contributed by atoms with Gasteiger partial charge in [-0.2, -0.15) is 4.31 Å². The van der Waals surface area contributed by atoms with E-state index in [1.807, 2.05) is 24.3 Å². The first kappa shape index (κ1) is 17.5. The number of anilines is 1. The number of hydrogen-bond donors (Lipinski definition) is 1. The summed E-state index contributed by atoms with van der Waals surface area (Å²) in [5.41, 5.74) is 1.65. The van der Waals surface area contributed by atoms with Crippen LogP contribution in [0, 0.1) is 0 Å². The Morgan fingerprint density at radius 3 is 2.54 bits per heavy atom. The van der Waals surface area contributed by atoms with E-state index in [-0.39, 0.29) is 9.77 Å². The Morgan fingerprint density at radius 2 is 1.81 bits per heavy atom. The van der Waals surface area contributed by atoms with E-state index in [4.69, 9.17) is 11.6 Å². The molecule has 4 rings (SSSR count). The summed E-state index contributed by atoms with van der Waals surface area (Å²) in [7, 11) is -3.59. The Morgan fingerprint density at radius 1 is 1.04 bits per heavy atom. The van der Waals surface area contributed by atoms with Crippen LogP contribution in [0.2, 0.25) is 5.02 Å². The average molecular weight is 410 g/mol. The first-order valence-electron chi connectivity index (χ1n) is 8.07. The van der Waals surface area contributed by atoms with Crippen molar-refractivity contribution in [2.24, 2.45) is 0 Å². The van der Waals surface area contributed by atoms with Crippen LogP contribution in [0.25, 0.3) is 10.2 Å². The first-order chi connectivity index (χ1) is 12.4. The zero-order valence-electron chi connectivity index (χ0n) is 13.7. The fourth-order valence-corrected chi connectivity index (χ4v) is 5.58. The summed E-state index contributed by atoms with van der Waals surface area (Å²) in [4.78, 5) is 16.3. The molecule has 3 aromatic rings. The molecule has 1 saturated heterocycles. The highest BCUT2D eigenvalue weighted by Gasteiger charge is 2.29. The largest absolute Gasteiger partial charge is 0.369 e. The minimum absolute atomic E-state index is 0.190. The van der Waals surface area contributed by atoms with Crippen LogP contribution in [0.1, 0.15) is 0 Å². The van der Waals surface area contributed by atoms with E-state index in [0.29, 0.717) is 41.4 Å². The summed E-state index contributed by atoms with van der Waals surface area (Å²) in [6, 6.07) is 12.3. The number of piperazine rings is 1. The number of aromatic amines is 1. The molecule has 1 N–H and O–H groups in total. The van der Waals surface area contributed by atoms with E-state index < -0.39 is 10.0 Å². The van der Waals surface area contributed by atoms with Crippen LogP contribution in [0.15, 0.2) is 52.2 Å². The monoisotopic (exact) mass is 409 g/mol. The van der Waals surface area contributed by atoms with E-state index in [2.05, 4.69) is 9.88 Å². The number of benzene rings is 2. The predicted octanol–water partition coefficient (Wildman–Crippen LogP) is 2.75. The van der Waals surface area contributed by atoms with Crippen LogP contribution in [0.4, 0.5) is 5.69 Å². The maximum absolute atomic E-state index is 12.9. The molecule has 9 heteroatoms. The van der Waals surface area contributed by atoms with E-state index >= 15 is 0 Å². The first-order valence-corrected chi connectivity index (χ1v) is 10.7. The predicted molar refractivity (Wildman–Crippen MR) is 105 cm³/mol. The Balaban J connectivity index is 1.54. The summed E-state index contributed by atoms with van der Waals surface area (Å²) >= 11 is 7.05. The van der Waals surface area contributed by atoms with Crippen LogP contribution in [0.3, 0.4) is 0 Å². The molecule has 0 aliphatic carbocycles. The van der Waals surface area contributed by atoms with Crippen LogP contribution < -0.4 is 9.77 Å². The number of rotatable bonds is 3. The second kappa shape index (κ2) is 6.70. The zero-order valence-corrected chi connectivity index (χ0v) is 16.1. The summed E-state index contributed by atoms with van der Waals surface area (Å²) < 4.78 is 28.0. The van der Waals surface area contributed by atoms with Gasteiger partial charge in [-0.05, 0) is 36.4 Å². The standard InChI is InChI=1S/C17H16ClN3O3S2/c18-12-2-1-3-13(10-12)20-6-8-21(9-7-20)26(23,24)14-4-5-15-16(11-14)25-17(22)19-15/h1-5,10-11H,6-9H2,(H,19,22). The third-order valence-corrected chi connectivity index (χ3v) is 7.42. The van der Waals surface area contributed by atoms with Crippen molar-refractivity contribution < 1.29 is 8.42 Å². The normalized spacial score (nSPS) is 16.3. The highest BCUT2D eigenvalue weighted by molar-refractivity contribution is 7.89. The molecule has 0 radical (unpaired) electrons. The lowest BCUT2D eigenvalue weighted by atomic mass is 10.2. The SMILES string of the molecule is O=c1[nH]c2ccc(S(=O)(=O)N3CCN(c4cccc(Cl)c4)CC3)cc2s1. The molecular weight excluding hydrogens is 394 g/mol. The molecule has 0 saturated carbocycles. The van der Waals surface area contributed by atoms with Crippen LogP contribution in [-0.4, -0.2) is 43.9 Å². The molecule has 6 nitrogen and oxygen atoms in total. The molecule has 1 fully saturated rings. The molecule has 0 atom stereocenters. The number of nitrogens with one attached hydrogen (secondary N) is 1. The summed E-state index contributed by atoms with van der Waals surface area (Å²) in [5.74, 6) is 0. The molecule has 0 bridgehead atoms. The molecule has 2 aromatic carbocycles. The van der Waals surface area contributed by atoms with E-state index in [1.165, 1.54) is 4.31 Å². The Bertz CT molecular complexity index is 1120. The molecule has 2 heterocycles. The van der Waals surface area contributed by atoms with Crippen molar-refractivity contribution >= 4 is 48.9 Å². The van der Waals surface area contributed by atoms with Gasteiger partial charge in [-0.25, -0.2) is 8.42 Å². The number of fused-ring (bicyclic) bond motifs is 1. The molecule has 1 aliphatic rings. The minimum atomic E-state index is -3.59. The van der Waals surface area contributed by atoms with E-state index in [1.54, 1.807) is 18.2 Å². The van der Waals surface area contributed by atoms with Crippen molar-refractivity contribution in [2.45, 2.75) is 4.90 Å². The van der Waals surface area contributed by atoms with Gasteiger partial charge in [0.25, 0.3) is 0 Å². The van der Waals surface area contributed by atoms with Crippen molar-refractivity contribution in [1.29, 1.82) is 0 Å².